The summed E-state index contributed by atoms with van der Waals surface area (Å²) in [5.41, 5.74) is 0.281. The van der Waals surface area contributed by atoms with Crippen molar-refractivity contribution in [3.63, 3.8) is 0 Å². The van der Waals surface area contributed by atoms with Gasteiger partial charge in [0.2, 0.25) is 17.6 Å². The molecule has 9 heteroatoms. The van der Waals surface area contributed by atoms with Crippen molar-refractivity contribution in [3.05, 3.63) is 41.7 Å². The third-order valence-corrected chi connectivity index (χ3v) is 4.96. The number of aromatic amines is 1. The van der Waals surface area contributed by atoms with E-state index in [9.17, 15) is 13.6 Å². The molecular formula is C19H20F2N6O. The Morgan fingerprint density at radius 3 is 2.64 bits per heavy atom. The Balaban J connectivity index is 1.56. The molecule has 3 heterocycles. The van der Waals surface area contributed by atoms with Crippen LogP contribution in [0.3, 0.4) is 0 Å². The molecule has 1 aliphatic carbocycles. The van der Waals surface area contributed by atoms with E-state index in [0.29, 0.717) is 43.0 Å². The van der Waals surface area contributed by atoms with Crippen molar-refractivity contribution in [1.82, 2.24) is 19.9 Å². The first-order valence-corrected chi connectivity index (χ1v) is 9.20. The Bertz CT molecular complexity index is 1010. The number of hydrogen-bond acceptors (Lipinski definition) is 6. The van der Waals surface area contributed by atoms with Crippen molar-refractivity contribution in [2.45, 2.75) is 37.9 Å². The summed E-state index contributed by atoms with van der Waals surface area (Å²) in [7, 11) is 1.68. The predicted molar refractivity (Wildman–Crippen MR) is 102 cm³/mol. The Morgan fingerprint density at radius 1 is 1.14 bits per heavy atom. The molecule has 1 aliphatic rings. The van der Waals surface area contributed by atoms with E-state index >= 15 is 0 Å². The van der Waals surface area contributed by atoms with Gasteiger partial charge in [-0.25, -0.2) is 19.3 Å². The average Bonchev–Trinajstić information content (AvgIpc) is 3.17. The number of carbonyl (C=O) groups excluding carboxylic acids is 1. The first kappa shape index (κ1) is 18.3. The zero-order valence-corrected chi connectivity index (χ0v) is 15.3. The van der Waals surface area contributed by atoms with E-state index in [1.165, 1.54) is 6.07 Å². The Kier molecular flexibility index (Phi) is 4.89. The summed E-state index contributed by atoms with van der Waals surface area (Å²) in [4.78, 5) is 27.9. The predicted octanol–water partition coefficient (Wildman–Crippen LogP) is 3.46. The van der Waals surface area contributed by atoms with Gasteiger partial charge in [0, 0.05) is 19.3 Å². The highest BCUT2D eigenvalue weighted by Crippen LogP contribution is 2.24. The van der Waals surface area contributed by atoms with E-state index in [1.54, 1.807) is 25.4 Å². The topological polar surface area (TPSA) is 95.6 Å². The monoisotopic (exact) mass is 386 g/mol. The fraction of sp³-hybridized carbons (Fsp3) is 0.368. The first-order valence-electron chi connectivity index (χ1n) is 9.20. The number of H-pyrrole nitrogens is 1. The summed E-state index contributed by atoms with van der Waals surface area (Å²) >= 11 is 0. The highest BCUT2D eigenvalue weighted by Gasteiger charge is 2.23. The van der Waals surface area contributed by atoms with E-state index in [0.717, 1.165) is 5.39 Å². The summed E-state index contributed by atoms with van der Waals surface area (Å²) in [5.74, 6) is -0.863. The molecule has 7 nitrogen and oxygen atoms in total. The normalized spacial score (nSPS) is 19.5. The largest absolute Gasteiger partial charge is 0.372 e. The first-order chi connectivity index (χ1) is 13.5. The molecule has 3 N–H and O–H groups in total. The van der Waals surface area contributed by atoms with E-state index in [-0.39, 0.29) is 17.4 Å². The molecule has 0 radical (unpaired) electrons. The van der Waals surface area contributed by atoms with Gasteiger partial charge in [0.25, 0.3) is 0 Å². The lowest BCUT2D eigenvalue weighted by molar-refractivity contribution is 0.102. The molecule has 0 aliphatic heterocycles. The lowest BCUT2D eigenvalue weighted by Gasteiger charge is -2.25. The second kappa shape index (κ2) is 7.49. The molecule has 0 saturated heterocycles. The summed E-state index contributed by atoms with van der Waals surface area (Å²) < 4.78 is 27.8. The fourth-order valence-corrected chi connectivity index (χ4v) is 3.44. The molecule has 146 valence electrons. The maximum Gasteiger partial charge on any atom is 0.234 e. The van der Waals surface area contributed by atoms with Gasteiger partial charge in [0.1, 0.15) is 23.5 Å². The van der Waals surface area contributed by atoms with E-state index in [2.05, 4.69) is 30.6 Å². The van der Waals surface area contributed by atoms with Crippen molar-refractivity contribution >= 4 is 28.5 Å². The van der Waals surface area contributed by atoms with Crippen LogP contribution in [0.5, 0.6) is 0 Å². The Morgan fingerprint density at radius 2 is 1.93 bits per heavy atom. The van der Waals surface area contributed by atoms with Gasteiger partial charge in [-0.05, 0) is 43.9 Å². The molecule has 28 heavy (non-hydrogen) atoms. The molecule has 3 aromatic heterocycles. The number of rotatable bonds is 5. The highest BCUT2D eigenvalue weighted by molar-refractivity contribution is 6.08. The molecule has 0 aromatic carbocycles. The van der Waals surface area contributed by atoms with Crippen LogP contribution in [0.4, 0.5) is 20.4 Å². The number of aromatic nitrogens is 4. The number of nitrogens with one attached hydrogen (secondary N) is 3. The van der Waals surface area contributed by atoms with Crippen LogP contribution < -0.4 is 10.6 Å². The number of anilines is 2. The molecule has 0 unspecified atom stereocenters. The SMILES string of the molecule is CNc1nc(C(=O)c2ccc(NC3CCC(F)CC3)nc2F)nc2[nH]ccc12. The number of nitrogens with zero attached hydrogens (tertiary/aromatic N) is 3. The summed E-state index contributed by atoms with van der Waals surface area (Å²) in [5, 5.41) is 6.75. The summed E-state index contributed by atoms with van der Waals surface area (Å²) in [6.45, 7) is 0. The minimum absolute atomic E-state index is 0.0530. The smallest absolute Gasteiger partial charge is 0.234 e. The molecule has 4 rings (SSSR count). The number of hydrogen-bond donors (Lipinski definition) is 3. The molecule has 0 bridgehead atoms. The quantitative estimate of drug-likeness (QED) is 0.459. The number of halogens is 2. The van der Waals surface area contributed by atoms with Crippen molar-refractivity contribution in [2.75, 3.05) is 17.7 Å². The number of carbonyl (C=O) groups is 1. The third kappa shape index (κ3) is 3.51. The van der Waals surface area contributed by atoms with Crippen molar-refractivity contribution in [3.8, 4) is 0 Å². The highest BCUT2D eigenvalue weighted by atomic mass is 19.1. The zero-order valence-electron chi connectivity index (χ0n) is 15.3. The van der Waals surface area contributed by atoms with Crippen molar-refractivity contribution in [1.29, 1.82) is 0 Å². The van der Waals surface area contributed by atoms with Gasteiger partial charge in [-0.15, -0.1) is 0 Å². The average molecular weight is 386 g/mol. The zero-order chi connectivity index (χ0) is 19.7. The van der Waals surface area contributed by atoms with Crippen LogP contribution in [0.2, 0.25) is 0 Å². The molecule has 0 atom stereocenters. The van der Waals surface area contributed by atoms with Crippen LogP contribution in [0.1, 0.15) is 41.9 Å². The lowest BCUT2D eigenvalue weighted by atomic mass is 9.94. The minimum atomic E-state index is -0.893. The van der Waals surface area contributed by atoms with Crippen LogP contribution >= 0.6 is 0 Å². The maximum atomic E-state index is 14.5. The maximum absolute atomic E-state index is 14.5. The number of alkyl halides is 1. The summed E-state index contributed by atoms with van der Waals surface area (Å²) in [6.07, 6.45) is 3.24. The molecule has 3 aromatic rings. The van der Waals surface area contributed by atoms with Crippen LogP contribution in [0.25, 0.3) is 11.0 Å². The van der Waals surface area contributed by atoms with Gasteiger partial charge >= 0.3 is 0 Å². The van der Waals surface area contributed by atoms with E-state index < -0.39 is 17.9 Å². The van der Waals surface area contributed by atoms with E-state index in [4.69, 9.17) is 0 Å². The van der Waals surface area contributed by atoms with Gasteiger partial charge in [-0.2, -0.15) is 4.39 Å². The molecule has 0 spiro atoms. The molecule has 1 fully saturated rings. The molecular weight excluding hydrogens is 366 g/mol. The number of pyridine rings is 1. The second-order valence-corrected chi connectivity index (χ2v) is 6.84. The van der Waals surface area contributed by atoms with Crippen molar-refractivity contribution in [2.24, 2.45) is 0 Å². The summed E-state index contributed by atoms with van der Waals surface area (Å²) in [6, 6.07) is 4.75. The fourth-order valence-electron chi connectivity index (χ4n) is 3.44. The second-order valence-electron chi connectivity index (χ2n) is 6.84. The van der Waals surface area contributed by atoms with Gasteiger partial charge in [-0.1, -0.05) is 0 Å². The van der Waals surface area contributed by atoms with Crippen LogP contribution in [0, 0.1) is 5.95 Å². The van der Waals surface area contributed by atoms with Gasteiger partial charge in [0.05, 0.1) is 10.9 Å². The minimum Gasteiger partial charge on any atom is -0.372 e. The van der Waals surface area contributed by atoms with Gasteiger partial charge in [0.15, 0.2) is 0 Å². The third-order valence-electron chi connectivity index (χ3n) is 4.96. The van der Waals surface area contributed by atoms with Crippen LogP contribution in [-0.2, 0) is 0 Å². The standard InChI is InChI=1S/C19H20F2N6O/c1-22-17-13-8-9-23-18(13)27-19(26-17)15(28)12-6-7-14(25-16(12)21)24-11-4-2-10(20)3-5-11/h6-11H,2-5H2,1H3,(H,24,25)(H2,22,23,26,27). The Hall–Kier alpha value is -3.10. The van der Waals surface area contributed by atoms with E-state index in [1.807, 2.05) is 0 Å². The number of fused-ring (bicyclic) bond motifs is 1. The van der Waals surface area contributed by atoms with Crippen molar-refractivity contribution < 1.29 is 13.6 Å². The lowest BCUT2D eigenvalue weighted by Crippen LogP contribution is -2.27. The number of ketones is 1. The molecule has 0 amide bonds. The van der Waals surface area contributed by atoms with Crippen LogP contribution in [0.15, 0.2) is 24.4 Å². The van der Waals surface area contributed by atoms with Gasteiger partial charge < -0.3 is 15.6 Å². The van der Waals surface area contributed by atoms with Gasteiger partial charge in [-0.3, -0.25) is 4.79 Å². The molecule has 1 saturated carbocycles. The van der Waals surface area contributed by atoms with Crippen LogP contribution in [-0.4, -0.2) is 45.0 Å². The Labute approximate surface area is 160 Å².